The van der Waals surface area contributed by atoms with E-state index < -0.39 is 6.10 Å². The fourth-order valence-corrected chi connectivity index (χ4v) is 7.63. The van der Waals surface area contributed by atoms with E-state index in [1.807, 2.05) is 0 Å². The topological polar surface area (TPSA) is 78.9 Å². The van der Waals surface area contributed by atoms with E-state index in [9.17, 15) is 14.4 Å². The van der Waals surface area contributed by atoms with Gasteiger partial charge in [-0.15, -0.1) is 0 Å². The number of carbonyl (C=O) groups is 3. The van der Waals surface area contributed by atoms with E-state index >= 15 is 0 Å². The Morgan fingerprint density at radius 1 is 0.313 bits per heavy atom. The number of hydrogen-bond donors (Lipinski definition) is 0. The van der Waals surface area contributed by atoms with E-state index in [4.69, 9.17) is 14.2 Å². The first-order valence-corrected chi connectivity index (χ1v) is 28.1. The summed E-state index contributed by atoms with van der Waals surface area (Å²) in [6, 6.07) is 0. The van der Waals surface area contributed by atoms with Crippen molar-refractivity contribution in [3.63, 3.8) is 0 Å². The van der Waals surface area contributed by atoms with Gasteiger partial charge in [-0.1, -0.05) is 215 Å². The van der Waals surface area contributed by atoms with E-state index in [1.165, 1.54) is 96.3 Å². The van der Waals surface area contributed by atoms with E-state index in [2.05, 4.69) is 106 Å². The SMILES string of the molecule is CC/C=C\C/C=C\C/C=C\C/C=C\C/C=C\CCCCCCCC(=O)OCC(COC(=O)CCCCCCC/C=C\CCCCCC)OC(=O)CCCCCCC/C=C\CCCCCCCC. The molecule has 384 valence electrons. The van der Waals surface area contributed by atoms with Crippen LogP contribution in [0.2, 0.25) is 0 Å². The number of allylic oxidation sites excluding steroid dienone is 14. The second-order valence-electron chi connectivity index (χ2n) is 18.5. The first-order chi connectivity index (χ1) is 33.0. The van der Waals surface area contributed by atoms with Crippen LogP contribution in [-0.2, 0) is 28.6 Å². The van der Waals surface area contributed by atoms with Gasteiger partial charge in [-0.2, -0.15) is 0 Å². The lowest BCUT2D eigenvalue weighted by Gasteiger charge is -2.18. The van der Waals surface area contributed by atoms with Gasteiger partial charge >= 0.3 is 17.9 Å². The number of rotatable bonds is 50. The van der Waals surface area contributed by atoms with Crippen molar-refractivity contribution in [1.29, 1.82) is 0 Å². The normalized spacial score (nSPS) is 12.7. The summed E-state index contributed by atoms with van der Waals surface area (Å²) in [4.78, 5) is 38.1. The maximum atomic E-state index is 12.8. The number of unbranched alkanes of at least 4 members (excludes halogenated alkanes) is 25. The second-order valence-corrected chi connectivity index (χ2v) is 18.5. The highest BCUT2D eigenvalue weighted by Crippen LogP contribution is 2.14. The maximum absolute atomic E-state index is 12.8. The Hall–Kier alpha value is -3.41. The lowest BCUT2D eigenvalue weighted by atomic mass is 10.1. The van der Waals surface area contributed by atoms with Crippen molar-refractivity contribution in [2.75, 3.05) is 13.2 Å². The molecule has 0 saturated heterocycles. The molecule has 0 radical (unpaired) electrons. The fraction of sp³-hybridized carbons (Fsp3) is 0.721. The van der Waals surface area contributed by atoms with Crippen molar-refractivity contribution in [2.45, 2.75) is 271 Å². The lowest BCUT2D eigenvalue weighted by Crippen LogP contribution is -2.30. The van der Waals surface area contributed by atoms with Crippen LogP contribution in [0.1, 0.15) is 265 Å². The van der Waals surface area contributed by atoms with Crippen molar-refractivity contribution in [3.05, 3.63) is 85.1 Å². The van der Waals surface area contributed by atoms with Crippen molar-refractivity contribution in [3.8, 4) is 0 Å². The molecule has 0 fully saturated rings. The predicted molar refractivity (Wildman–Crippen MR) is 288 cm³/mol. The van der Waals surface area contributed by atoms with Gasteiger partial charge in [0.2, 0.25) is 0 Å². The van der Waals surface area contributed by atoms with Gasteiger partial charge in [-0.05, 0) is 116 Å². The number of carbonyl (C=O) groups excluding carboxylic acids is 3. The Balaban J connectivity index is 4.42. The summed E-state index contributed by atoms with van der Waals surface area (Å²) < 4.78 is 16.8. The minimum Gasteiger partial charge on any atom is -0.462 e. The van der Waals surface area contributed by atoms with Crippen LogP contribution in [0.5, 0.6) is 0 Å². The summed E-state index contributed by atoms with van der Waals surface area (Å²) >= 11 is 0. The summed E-state index contributed by atoms with van der Waals surface area (Å²) in [5, 5.41) is 0. The molecule has 0 aromatic rings. The largest absolute Gasteiger partial charge is 0.462 e. The third-order valence-corrected chi connectivity index (χ3v) is 11.9. The average molecular weight is 933 g/mol. The summed E-state index contributed by atoms with van der Waals surface area (Å²) in [5.74, 6) is -0.923. The van der Waals surface area contributed by atoms with Gasteiger partial charge in [-0.3, -0.25) is 14.4 Å². The van der Waals surface area contributed by atoms with Crippen molar-refractivity contribution in [2.24, 2.45) is 0 Å². The van der Waals surface area contributed by atoms with Crippen LogP contribution in [0.4, 0.5) is 0 Å². The molecular weight excluding hydrogens is 829 g/mol. The van der Waals surface area contributed by atoms with Crippen molar-refractivity contribution < 1.29 is 28.6 Å². The van der Waals surface area contributed by atoms with Gasteiger partial charge in [0, 0.05) is 19.3 Å². The summed E-state index contributed by atoms with van der Waals surface area (Å²) in [6.07, 6.45) is 71.4. The monoisotopic (exact) mass is 933 g/mol. The molecule has 0 N–H and O–H groups in total. The van der Waals surface area contributed by atoms with Crippen LogP contribution >= 0.6 is 0 Å². The van der Waals surface area contributed by atoms with Gasteiger partial charge < -0.3 is 14.2 Å². The highest BCUT2D eigenvalue weighted by molar-refractivity contribution is 5.71. The zero-order chi connectivity index (χ0) is 48.6. The minimum absolute atomic E-state index is 0.0904. The molecule has 0 bridgehead atoms. The molecule has 0 aromatic heterocycles. The first-order valence-electron chi connectivity index (χ1n) is 28.1. The number of esters is 3. The molecule has 1 unspecified atom stereocenters. The summed E-state index contributed by atoms with van der Waals surface area (Å²) in [7, 11) is 0. The Labute approximate surface area is 414 Å². The zero-order valence-corrected chi connectivity index (χ0v) is 43.9. The smallest absolute Gasteiger partial charge is 0.306 e. The fourth-order valence-electron chi connectivity index (χ4n) is 7.63. The Kier molecular flexibility index (Phi) is 52.4. The standard InChI is InChI=1S/C61H104O6/c1-4-7-10-13-16-19-22-25-27-28-29-30-31-32-34-36-39-42-45-48-51-54-60(63)66-57-58(56-65-59(62)53-50-47-44-41-38-35-24-21-18-15-12-9-6-3)67-61(64)55-52-49-46-43-40-37-33-26-23-20-17-14-11-8-5-2/h7,10,16,19,21,24-27,29-30,32-34,58H,4-6,8-9,11-15,17-18,20,22-23,28,31,35-57H2,1-3H3/b10-7-,19-16-,24-21-,27-25-,30-29-,33-26-,34-32-. The second kappa shape index (κ2) is 55.2. The van der Waals surface area contributed by atoms with E-state index in [-0.39, 0.29) is 31.1 Å². The van der Waals surface area contributed by atoms with E-state index in [1.54, 1.807) is 0 Å². The maximum Gasteiger partial charge on any atom is 0.306 e. The molecular formula is C61H104O6. The van der Waals surface area contributed by atoms with E-state index in [0.29, 0.717) is 19.3 Å². The highest BCUT2D eigenvalue weighted by Gasteiger charge is 2.19. The molecule has 1 atom stereocenters. The van der Waals surface area contributed by atoms with Crippen LogP contribution in [0.3, 0.4) is 0 Å². The molecule has 0 amide bonds. The summed E-state index contributed by atoms with van der Waals surface area (Å²) in [6.45, 7) is 6.48. The van der Waals surface area contributed by atoms with Crippen molar-refractivity contribution >= 4 is 17.9 Å². The zero-order valence-electron chi connectivity index (χ0n) is 43.9. The molecule has 6 nitrogen and oxygen atoms in total. The molecule has 0 aliphatic carbocycles. The Morgan fingerprint density at radius 3 is 0.940 bits per heavy atom. The number of ether oxygens (including phenoxy) is 3. The van der Waals surface area contributed by atoms with Gasteiger partial charge in [0.15, 0.2) is 6.10 Å². The molecule has 0 aliphatic heterocycles. The molecule has 0 aromatic carbocycles. The molecule has 0 spiro atoms. The molecule has 0 heterocycles. The lowest BCUT2D eigenvalue weighted by molar-refractivity contribution is -0.167. The van der Waals surface area contributed by atoms with Gasteiger partial charge in [0.1, 0.15) is 13.2 Å². The molecule has 0 rings (SSSR count). The van der Waals surface area contributed by atoms with E-state index in [0.717, 1.165) is 128 Å². The summed E-state index contributed by atoms with van der Waals surface area (Å²) in [5.41, 5.74) is 0. The van der Waals surface area contributed by atoms with Gasteiger partial charge in [-0.25, -0.2) is 0 Å². The molecule has 67 heavy (non-hydrogen) atoms. The average Bonchev–Trinajstić information content (AvgIpc) is 3.33. The molecule has 6 heteroatoms. The molecule has 0 aliphatic rings. The van der Waals surface area contributed by atoms with Gasteiger partial charge in [0.25, 0.3) is 0 Å². The first kappa shape index (κ1) is 63.6. The van der Waals surface area contributed by atoms with Crippen LogP contribution in [0.15, 0.2) is 85.1 Å². The van der Waals surface area contributed by atoms with Crippen LogP contribution < -0.4 is 0 Å². The Morgan fingerprint density at radius 2 is 0.582 bits per heavy atom. The van der Waals surface area contributed by atoms with Gasteiger partial charge in [0.05, 0.1) is 0 Å². The predicted octanol–water partition coefficient (Wildman–Crippen LogP) is 18.8. The third kappa shape index (κ3) is 53.4. The third-order valence-electron chi connectivity index (χ3n) is 11.9. The number of hydrogen-bond acceptors (Lipinski definition) is 6. The van der Waals surface area contributed by atoms with Crippen LogP contribution in [0.25, 0.3) is 0 Å². The van der Waals surface area contributed by atoms with Crippen molar-refractivity contribution in [1.82, 2.24) is 0 Å². The van der Waals surface area contributed by atoms with Crippen LogP contribution in [-0.4, -0.2) is 37.2 Å². The quantitative estimate of drug-likeness (QED) is 0.0262. The highest BCUT2D eigenvalue weighted by atomic mass is 16.6. The Bertz CT molecular complexity index is 1300. The molecule has 0 saturated carbocycles. The van der Waals surface area contributed by atoms with Crippen LogP contribution in [0, 0.1) is 0 Å². The minimum atomic E-state index is -0.792.